The molecule has 0 spiro atoms. The summed E-state index contributed by atoms with van der Waals surface area (Å²) in [6.07, 6.45) is 2.48. The Morgan fingerprint density at radius 3 is 2.71 bits per heavy atom. The van der Waals surface area contributed by atoms with Crippen LogP contribution in [0.5, 0.6) is 5.75 Å². The third-order valence-electron chi connectivity index (χ3n) is 2.59. The van der Waals surface area contributed by atoms with Crippen molar-refractivity contribution in [3.63, 3.8) is 0 Å². The van der Waals surface area contributed by atoms with Crippen molar-refractivity contribution in [2.24, 2.45) is 5.92 Å². The van der Waals surface area contributed by atoms with Crippen molar-refractivity contribution < 1.29 is 14.6 Å². The van der Waals surface area contributed by atoms with E-state index < -0.39 is 0 Å². The Kier molecular flexibility index (Phi) is 4.51. The standard InChI is InChI=1S/C12H14Cl2O3/c13-10-3-9(5-15)12(11(14)4-10)17-7-16-6-8-1-2-8/h3-4,8,15H,1-2,5-7H2. The van der Waals surface area contributed by atoms with Gasteiger partial charge < -0.3 is 14.6 Å². The second kappa shape index (κ2) is 5.91. The molecule has 5 heteroatoms. The van der Waals surface area contributed by atoms with Gasteiger partial charge in [-0.2, -0.15) is 0 Å². The highest BCUT2D eigenvalue weighted by Crippen LogP contribution is 2.33. The Morgan fingerprint density at radius 2 is 2.06 bits per heavy atom. The van der Waals surface area contributed by atoms with Gasteiger partial charge in [-0.1, -0.05) is 23.2 Å². The molecule has 0 aromatic heterocycles. The first-order chi connectivity index (χ1) is 8.20. The lowest BCUT2D eigenvalue weighted by Gasteiger charge is -2.12. The van der Waals surface area contributed by atoms with E-state index in [0.29, 0.717) is 27.3 Å². The fraction of sp³-hybridized carbons (Fsp3) is 0.500. The summed E-state index contributed by atoms with van der Waals surface area (Å²) in [6.45, 7) is 0.697. The van der Waals surface area contributed by atoms with E-state index in [4.69, 9.17) is 32.7 Å². The highest BCUT2D eigenvalue weighted by molar-refractivity contribution is 6.35. The summed E-state index contributed by atoms with van der Waals surface area (Å²) < 4.78 is 10.8. The Bertz CT molecular complexity index is 392. The zero-order valence-corrected chi connectivity index (χ0v) is 10.8. The maximum absolute atomic E-state index is 9.18. The number of aliphatic hydroxyl groups is 1. The van der Waals surface area contributed by atoms with Crippen LogP contribution in [0.4, 0.5) is 0 Å². The Hall–Kier alpha value is -0.480. The van der Waals surface area contributed by atoms with E-state index in [9.17, 15) is 5.11 Å². The van der Waals surface area contributed by atoms with Crippen LogP contribution >= 0.6 is 23.2 Å². The number of rotatable bonds is 6. The molecule has 1 saturated carbocycles. The molecule has 0 heterocycles. The molecule has 0 atom stereocenters. The number of aliphatic hydroxyl groups excluding tert-OH is 1. The molecule has 0 radical (unpaired) electrons. The molecule has 0 unspecified atom stereocenters. The summed E-state index contributed by atoms with van der Waals surface area (Å²) in [7, 11) is 0. The smallest absolute Gasteiger partial charge is 0.189 e. The van der Waals surface area contributed by atoms with Crippen LogP contribution in [0.15, 0.2) is 12.1 Å². The van der Waals surface area contributed by atoms with Gasteiger partial charge in [-0.15, -0.1) is 0 Å². The molecule has 1 aliphatic carbocycles. The van der Waals surface area contributed by atoms with Crippen LogP contribution in [0, 0.1) is 5.92 Å². The first-order valence-corrected chi connectivity index (χ1v) is 6.25. The second-order valence-electron chi connectivity index (χ2n) is 4.11. The van der Waals surface area contributed by atoms with Crippen molar-refractivity contribution >= 4 is 23.2 Å². The molecule has 1 N–H and O–H groups in total. The van der Waals surface area contributed by atoms with E-state index in [1.54, 1.807) is 12.1 Å². The van der Waals surface area contributed by atoms with Crippen molar-refractivity contribution in [2.45, 2.75) is 19.4 Å². The van der Waals surface area contributed by atoms with Crippen molar-refractivity contribution in [1.29, 1.82) is 0 Å². The monoisotopic (exact) mass is 276 g/mol. The zero-order valence-electron chi connectivity index (χ0n) is 9.29. The Labute approximate surface area is 110 Å². The van der Waals surface area contributed by atoms with E-state index in [0.717, 1.165) is 6.61 Å². The average Bonchev–Trinajstić information content (AvgIpc) is 3.09. The predicted molar refractivity (Wildman–Crippen MR) is 66.6 cm³/mol. The average molecular weight is 277 g/mol. The summed E-state index contributed by atoms with van der Waals surface area (Å²) in [5.41, 5.74) is 0.567. The summed E-state index contributed by atoms with van der Waals surface area (Å²) in [4.78, 5) is 0. The zero-order chi connectivity index (χ0) is 12.3. The number of halogens is 2. The summed E-state index contributed by atoms with van der Waals surface area (Å²) in [6, 6.07) is 3.21. The molecule has 1 aliphatic rings. The van der Waals surface area contributed by atoms with Gasteiger partial charge in [0.05, 0.1) is 18.2 Å². The fourth-order valence-electron chi connectivity index (χ4n) is 1.49. The third-order valence-corrected chi connectivity index (χ3v) is 3.09. The molecule has 0 amide bonds. The minimum absolute atomic E-state index is 0.144. The maximum atomic E-state index is 9.18. The van der Waals surface area contributed by atoms with Crippen molar-refractivity contribution in [3.8, 4) is 5.75 Å². The van der Waals surface area contributed by atoms with Crippen LogP contribution in [-0.4, -0.2) is 18.5 Å². The van der Waals surface area contributed by atoms with E-state index >= 15 is 0 Å². The lowest BCUT2D eigenvalue weighted by atomic mass is 10.2. The fourth-order valence-corrected chi connectivity index (χ4v) is 2.08. The molecule has 17 heavy (non-hydrogen) atoms. The highest BCUT2D eigenvalue weighted by atomic mass is 35.5. The van der Waals surface area contributed by atoms with E-state index in [1.807, 2.05) is 0 Å². The van der Waals surface area contributed by atoms with Gasteiger partial charge in [0.2, 0.25) is 0 Å². The molecular weight excluding hydrogens is 263 g/mol. The largest absolute Gasteiger partial charge is 0.466 e. The molecule has 3 nitrogen and oxygen atoms in total. The van der Waals surface area contributed by atoms with Crippen LogP contribution in [0.25, 0.3) is 0 Å². The van der Waals surface area contributed by atoms with Gasteiger partial charge in [-0.3, -0.25) is 0 Å². The lowest BCUT2D eigenvalue weighted by Crippen LogP contribution is -2.07. The van der Waals surface area contributed by atoms with Crippen LogP contribution in [-0.2, 0) is 11.3 Å². The van der Waals surface area contributed by atoms with Gasteiger partial charge in [0.1, 0.15) is 5.75 Å². The maximum Gasteiger partial charge on any atom is 0.189 e. The summed E-state index contributed by atoms with van der Waals surface area (Å²) in [5, 5.41) is 10.0. The topological polar surface area (TPSA) is 38.7 Å². The number of benzene rings is 1. The third kappa shape index (κ3) is 3.75. The van der Waals surface area contributed by atoms with Gasteiger partial charge >= 0.3 is 0 Å². The van der Waals surface area contributed by atoms with Crippen LogP contribution in [0.3, 0.4) is 0 Å². The van der Waals surface area contributed by atoms with Gasteiger partial charge in [-0.05, 0) is 30.9 Å². The van der Waals surface area contributed by atoms with Gasteiger partial charge in [-0.25, -0.2) is 0 Å². The normalized spacial score (nSPS) is 15.0. The molecule has 2 rings (SSSR count). The number of hydrogen-bond donors (Lipinski definition) is 1. The van der Waals surface area contributed by atoms with Gasteiger partial charge in [0, 0.05) is 10.6 Å². The minimum atomic E-state index is -0.168. The minimum Gasteiger partial charge on any atom is -0.466 e. The lowest BCUT2D eigenvalue weighted by molar-refractivity contribution is 0.00897. The second-order valence-corrected chi connectivity index (χ2v) is 4.95. The van der Waals surface area contributed by atoms with Gasteiger partial charge in [0.25, 0.3) is 0 Å². The molecule has 1 fully saturated rings. The van der Waals surface area contributed by atoms with E-state index in [2.05, 4.69) is 0 Å². The SMILES string of the molecule is OCc1cc(Cl)cc(Cl)c1OCOCC1CC1. The van der Waals surface area contributed by atoms with Crippen LogP contribution in [0.1, 0.15) is 18.4 Å². The molecular formula is C12H14Cl2O3. The molecule has 1 aromatic carbocycles. The quantitative estimate of drug-likeness (QED) is 0.640. The highest BCUT2D eigenvalue weighted by Gasteiger charge is 2.21. The first kappa shape index (κ1) is 13.0. The van der Waals surface area contributed by atoms with Crippen LogP contribution < -0.4 is 4.74 Å². The molecule has 0 saturated heterocycles. The first-order valence-electron chi connectivity index (χ1n) is 5.50. The summed E-state index contributed by atoms with van der Waals surface area (Å²) >= 11 is 11.8. The predicted octanol–water partition coefficient (Wildman–Crippen LogP) is 3.25. The molecule has 94 valence electrons. The van der Waals surface area contributed by atoms with Gasteiger partial charge in [0.15, 0.2) is 6.79 Å². The van der Waals surface area contributed by atoms with E-state index in [-0.39, 0.29) is 13.4 Å². The molecule has 1 aromatic rings. The van der Waals surface area contributed by atoms with Crippen molar-refractivity contribution in [1.82, 2.24) is 0 Å². The number of ether oxygens (including phenoxy) is 2. The Balaban J connectivity index is 1.92. The number of hydrogen-bond acceptors (Lipinski definition) is 3. The van der Waals surface area contributed by atoms with E-state index in [1.165, 1.54) is 12.8 Å². The summed E-state index contributed by atoms with van der Waals surface area (Å²) in [5.74, 6) is 1.13. The Morgan fingerprint density at radius 1 is 1.29 bits per heavy atom. The molecule has 0 aliphatic heterocycles. The molecule has 0 bridgehead atoms. The van der Waals surface area contributed by atoms with Crippen molar-refractivity contribution in [3.05, 3.63) is 27.7 Å². The van der Waals surface area contributed by atoms with Crippen LogP contribution in [0.2, 0.25) is 10.0 Å². The van der Waals surface area contributed by atoms with Crippen molar-refractivity contribution in [2.75, 3.05) is 13.4 Å².